The smallest absolute Gasteiger partial charge is 0.239 e. The zero-order valence-electron chi connectivity index (χ0n) is 14.5. The predicted octanol–water partition coefficient (Wildman–Crippen LogP) is 4.08. The van der Waals surface area contributed by atoms with Gasteiger partial charge in [-0.1, -0.05) is 58.4 Å². The van der Waals surface area contributed by atoms with Crippen molar-refractivity contribution in [1.82, 2.24) is 4.31 Å². The Morgan fingerprint density at radius 3 is 2.50 bits per heavy atom. The molecule has 0 radical (unpaired) electrons. The fraction of sp³-hybridized carbons (Fsp3) is 0.263. The number of allylic oxidation sites excluding steroid dienone is 1. The first-order valence-electron chi connectivity index (χ1n) is 8.06. The number of hydrogen-bond donors (Lipinski definition) is 1. The summed E-state index contributed by atoms with van der Waals surface area (Å²) < 4.78 is 28.2. The van der Waals surface area contributed by atoms with Crippen LogP contribution in [0.25, 0.3) is 0 Å². The molecule has 138 valence electrons. The summed E-state index contributed by atoms with van der Waals surface area (Å²) in [7, 11) is -3.60. The average Bonchev–Trinajstić information content (AvgIpc) is 2.88. The second-order valence-corrected chi connectivity index (χ2v) is 9.86. The van der Waals surface area contributed by atoms with Gasteiger partial charge in [0, 0.05) is 15.1 Å². The maximum atomic E-state index is 13.0. The number of sulfonamides is 1. The van der Waals surface area contributed by atoms with Gasteiger partial charge in [-0.15, -0.1) is 11.8 Å². The maximum absolute atomic E-state index is 13.0. The number of hydrogen-bond acceptors (Lipinski definition) is 4. The first-order chi connectivity index (χ1) is 12.3. The summed E-state index contributed by atoms with van der Waals surface area (Å²) in [6.45, 7) is 1.74. The lowest BCUT2D eigenvalue weighted by Crippen LogP contribution is -2.37. The summed E-state index contributed by atoms with van der Waals surface area (Å²) in [5.41, 5.74) is 0.629. The van der Waals surface area contributed by atoms with Crippen LogP contribution in [-0.2, 0) is 21.4 Å². The van der Waals surface area contributed by atoms with Crippen molar-refractivity contribution >= 4 is 37.7 Å². The molecule has 4 nitrogen and oxygen atoms in total. The van der Waals surface area contributed by atoms with Gasteiger partial charge < -0.3 is 5.11 Å². The first kappa shape index (κ1) is 19.5. The lowest BCUT2D eigenvalue weighted by molar-refractivity contribution is 0.0860. The van der Waals surface area contributed by atoms with E-state index in [0.29, 0.717) is 16.2 Å². The molecule has 0 saturated carbocycles. The molecule has 0 saturated heterocycles. The highest BCUT2D eigenvalue weighted by molar-refractivity contribution is 9.10. The largest absolute Gasteiger partial charge is 0.378 e. The lowest BCUT2D eigenvalue weighted by atomic mass is 9.95. The van der Waals surface area contributed by atoms with Crippen molar-refractivity contribution < 1.29 is 13.5 Å². The fourth-order valence-corrected chi connectivity index (χ4v) is 6.31. The summed E-state index contributed by atoms with van der Waals surface area (Å²) in [4.78, 5) is 0.659. The van der Waals surface area contributed by atoms with Gasteiger partial charge in [0.15, 0.2) is 0 Å². The molecule has 0 aromatic heterocycles. The topological polar surface area (TPSA) is 57.6 Å². The minimum Gasteiger partial charge on any atom is -0.378 e. The number of rotatable bonds is 5. The van der Waals surface area contributed by atoms with Gasteiger partial charge in [0.05, 0.1) is 12.3 Å². The van der Waals surface area contributed by atoms with Gasteiger partial charge in [-0.3, -0.25) is 4.31 Å². The summed E-state index contributed by atoms with van der Waals surface area (Å²) in [5, 5.41) is 11.4. The second-order valence-electron chi connectivity index (χ2n) is 6.24. The van der Waals surface area contributed by atoms with Crippen molar-refractivity contribution in [3.8, 4) is 0 Å². The summed E-state index contributed by atoms with van der Waals surface area (Å²) in [5.74, 6) is -0.0958. The van der Waals surface area contributed by atoms with Crippen molar-refractivity contribution in [3.05, 3.63) is 80.8 Å². The molecule has 26 heavy (non-hydrogen) atoms. The van der Waals surface area contributed by atoms with Crippen LogP contribution in [0, 0.1) is 0 Å². The van der Waals surface area contributed by atoms with E-state index in [9.17, 15) is 13.5 Å². The number of thioether (sulfide) groups is 1. The molecule has 7 heteroatoms. The Bertz CT molecular complexity index is 944. The van der Waals surface area contributed by atoms with Crippen molar-refractivity contribution in [3.63, 3.8) is 0 Å². The van der Waals surface area contributed by atoms with Gasteiger partial charge in [0.1, 0.15) is 5.60 Å². The molecular weight excluding hydrogens is 434 g/mol. The predicted molar refractivity (Wildman–Crippen MR) is 110 cm³/mol. The van der Waals surface area contributed by atoms with Gasteiger partial charge in [-0.25, -0.2) is 8.42 Å². The molecule has 1 aliphatic heterocycles. The monoisotopic (exact) mass is 453 g/mol. The highest BCUT2D eigenvalue weighted by Gasteiger charge is 2.46. The molecule has 2 aromatic rings. The highest BCUT2D eigenvalue weighted by atomic mass is 79.9. The second kappa shape index (κ2) is 7.38. The van der Waals surface area contributed by atoms with E-state index in [4.69, 9.17) is 0 Å². The van der Waals surface area contributed by atoms with Crippen molar-refractivity contribution in [2.24, 2.45) is 0 Å². The third-order valence-corrected chi connectivity index (χ3v) is 7.79. The Morgan fingerprint density at radius 2 is 1.88 bits per heavy atom. The highest BCUT2D eigenvalue weighted by Crippen LogP contribution is 2.46. The molecule has 1 unspecified atom stereocenters. The molecule has 0 bridgehead atoms. The molecule has 0 amide bonds. The van der Waals surface area contributed by atoms with E-state index in [1.165, 1.54) is 16.1 Å². The number of aliphatic hydroxyl groups is 1. The van der Waals surface area contributed by atoms with Crippen molar-refractivity contribution in [2.45, 2.75) is 18.3 Å². The first-order valence-corrected chi connectivity index (χ1v) is 11.7. The number of nitrogens with zero attached hydrogens (tertiary/aromatic N) is 1. The quantitative estimate of drug-likeness (QED) is 0.740. The van der Waals surface area contributed by atoms with E-state index in [0.717, 1.165) is 10.0 Å². The zero-order valence-corrected chi connectivity index (χ0v) is 17.7. The van der Waals surface area contributed by atoms with E-state index in [1.807, 2.05) is 48.7 Å². The van der Waals surface area contributed by atoms with Gasteiger partial charge in [0.2, 0.25) is 10.0 Å². The lowest BCUT2D eigenvalue weighted by Gasteiger charge is -2.27. The van der Waals surface area contributed by atoms with E-state index in [2.05, 4.69) is 15.9 Å². The average molecular weight is 454 g/mol. The van der Waals surface area contributed by atoms with Crippen LogP contribution < -0.4 is 0 Å². The van der Waals surface area contributed by atoms with Crippen LogP contribution in [0.3, 0.4) is 0 Å². The minimum atomic E-state index is -3.60. The van der Waals surface area contributed by atoms with Crippen molar-refractivity contribution in [1.29, 1.82) is 0 Å². The van der Waals surface area contributed by atoms with E-state index < -0.39 is 15.6 Å². The molecule has 0 aliphatic carbocycles. The number of β-amino-alcohol motifs (C(OH)–C–C–N with tert-alkyl or cyclic N) is 1. The summed E-state index contributed by atoms with van der Waals surface area (Å²) in [6.07, 6.45) is 1.86. The maximum Gasteiger partial charge on any atom is 0.239 e. The minimum absolute atomic E-state index is 0.0133. The van der Waals surface area contributed by atoms with E-state index in [-0.39, 0.29) is 12.3 Å². The van der Waals surface area contributed by atoms with Gasteiger partial charge in [-0.2, -0.15) is 0 Å². The Morgan fingerprint density at radius 1 is 1.19 bits per heavy atom. The SMILES string of the molecule is CSC1=C(C)N(S(=O)(=O)Cc2ccccc2)CC1(O)c1cccc(Br)c1. The molecule has 1 N–H and O–H groups in total. The van der Waals surface area contributed by atoms with Crippen LogP contribution >= 0.6 is 27.7 Å². The fourth-order valence-electron chi connectivity index (χ4n) is 3.27. The van der Waals surface area contributed by atoms with Gasteiger partial charge in [0.25, 0.3) is 0 Å². The summed E-state index contributed by atoms with van der Waals surface area (Å²) in [6, 6.07) is 16.5. The van der Waals surface area contributed by atoms with Crippen LogP contribution in [-0.4, -0.2) is 30.6 Å². The Kier molecular flexibility index (Phi) is 5.53. The van der Waals surface area contributed by atoms with Crippen molar-refractivity contribution in [2.75, 3.05) is 12.8 Å². The number of benzene rings is 2. The molecule has 1 heterocycles. The molecular formula is C19H20BrNO3S2. The molecule has 3 rings (SSSR count). The van der Waals surface area contributed by atoms with Crippen LogP contribution in [0.1, 0.15) is 18.1 Å². The third kappa shape index (κ3) is 3.58. The number of halogens is 1. The van der Waals surface area contributed by atoms with Crippen LogP contribution in [0.5, 0.6) is 0 Å². The Balaban J connectivity index is 1.99. The molecule has 2 aromatic carbocycles. The molecule has 0 fully saturated rings. The van der Waals surface area contributed by atoms with Gasteiger partial charge >= 0.3 is 0 Å². The van der Waals surface area contributed by atoms with Gasteiger partial charge in [-0.05, 0) is 36.4 Å². The standard InChI is InChI=1S/C19H20BrNO3S2/c1-14-18(25-2)19(22,16-9-6-10-17(20)11-16)13-21(14)26(23,24)12-15-7-4-3-5-8-15/h3-11,22H,12-13H2,1-2H3. The summed E-state index contributed by atoms with van der Waals surface area (Å²) >= 11 is 4.81. The van der Waals surface area contributed by atoms with Crippen LogP contribution in [0.2, 0.25) is 0 Å². The van der Waals surface area contributed by atoms with Crippen LogP contribution in [0.15, 0.2) is 69.7 Å². The van der Waals surface area contributed by atoms with E-state index >= 15 is 0 Å². The normalized spacial score (nSPS) is 20.7. The molecule has 1 atom stereocenters. The third-order valence-electron chi connectivity index (χ3n) is 4.48. The Labute approximate surface area is 167 Å². The zero-order chi connectivity index (χ0) is 18.9. The van der Waals surface area contributed by atoms with E-state index in [1.54, 1.807) is 19.1 Å². The molecule has 0 spiro atoms. The Hall–Kier alpha value is -1.28. The van der Waals surface area contributed by atoms with Crippen LogP contribution in [0.4, 0.5) is 0 Å². The molecule has 1 aliphatic rings.